The van der Waals surface area contributed by atoms with Crippen molar-refractivity contribution in [1.29, 1.82) is 0 Å². The van der Waals surface area contributed by atoms with Crippen LogP contribution >= 0.6 is 0 Å². The highest BCUT2D eigenvalue weighted by Crippen LogP contribution is 2.32. The van der Waals surface area contributed by atoms with E-state index in [9.17, 15) is 0 Å². The second-order valence-corrected chi connectivity index (χ2v) is 6.36. The van der Waals surface area contributed by atoms with Crippen molar-refractivity contribution >= 4 is 0 Å². The van der Waals surface area contributed by atoms with Gasteiger partial charge in [-0.25, -0.2) is 0 Å². The molecule has 2 saturated heterocycles. The molecule has 98 valence electrons. The maximum Gasteiger partial charge on any atom is 0.0351 e. The SMILES string of the molecule is C[C@H]1[C@@H]2CCCCC2NCC2CN(C)CCN21. The van der Waals surface area contributed by atoms with Crippen LogP contribution in [0.5, 0.6) is 0 Å². The Labute approximate surface area is 106 Å². The van der Waals surface area contributed by atoms with E-state index in [1.807, 2.05) is 0 Å². The summed E-state index contributed by atoms with van der Waals surface area (Å²) in [6, 6.07) is 2.33. The first-order valence-corrected chi connectivity index (χ1v) is 7.43. The number of nitrogens with one attached hydrogen (secondary N) is 1. The fraction of sp³-hybridized carbons (Fsp3) is 1.00. The monoisotopic (exact) mass is 237 g/mol. The lowest BCUT2D eigenvalue weighted by molar-refractivity contribution is 0.0435. The molecule has 2 aliphatic heterocycles. The normalized spacial score (nSPS) is 44.8. The lowest BCUT2D eigenvalue weighted by Gasteiger charge is -2.44. The summed E-state index contributed by atoms with van der Waals surface area (Å²) in [5.41, 5.74) is 0. The van der Waals surface area contributed by atoms with Crippen molar-refractivity contribution in [3.63, 3.8) is 0 Å². The second kappa shape index (κ2) is 4.87. The summed E-state index contributed by atoms with van der Waals surface area (Å²) in [5, 5.41) is 3.87. The zero-order valence-corrected chi connectivity index (χ0v) is 11.4. The molecule has 0 aromatic heterocycles. The molecular formula is C14H27N3. The predicted molar refractivity (Wildman–Crippen MR) is 71.2 cm³/mol. The predicted octanol–water partition coefficient (Wildman–Crippen LogP) is 1.15. The lowest BCUT2D eigenvalue weighted by Crippen LogP contribution is -2.57. The fourth-order valence-corrected chi connectivity index (χ4v) is 4.27. The van der Waals surface area contributed by atoms with Crippen LogP contribution in [0.3, 0.4) is 0 Å². The van der Waals surface area contributed by atoms with Gasteiger partial charge in [-0.1, -0.05) is 12.8 Å². The molecule has 3 aliphatic rings. The summed E-state index contributed by atoms with van der Waals surface area (Å²) < 4.78 is 0. The molecular weight excluding hydrogens is 210 g/mol. The fourth-order valence-electron chi connectivity index (χ4n) is 4.27. The number of hydrogen-bond donors (Lipinski definition) is 1. The van der Waals surface area contributed by atoms with Crippen molar-refractivity contribution in [2.45, 2.75) is 50.7 Å². The van der Waals surface area contributed by atoms with Crippen LogP contribution in [0.2, 0.25) is 0 Å². The van der Waals surface area contributed by atoms with Crippen molar-refractivity contribution in [3.05, 3.63) is 0 Å². The van der Waals surface area contributed by atoms with Crippen molar-refractivity contribution in [2.75, 3.05) is 33.2 Å². The van der Waals surface area contributed by atoms with Gasteiger partial charge >= 0.3 is 0 Å². The molecule has 1 saturated carbocycles. The van der Waals surface area contributed by atoms with Gasteiger partial charge in [-0.3, -0.25) is 4.90 Å². The van der Waals surface area contributed by atoms with Gasteiger partial charge < -0.3 is 10.2 Å². The smallest absolute Gasteiger partial charge is 0.0351 e. The van der Waals surface area contributed by atoms with Crippen LogP contribution < -0.4 is 5.32 Å². The summed E-state index contributed by atoms with van der Waals surface area (Å²) >= 11 is 0. The number of hydrogen-bond acceptors (Lipinski definition) is 3. The topological polar surface area (TPSA) is 18.5 Å². The number of fused-ring (bicyclic) bond motifs is 2. The molecule has 0 radical (unpaired) electrons. The maximum atomic E-state index is 3.87. The van der Waals surface area contributed by atoms with Crippen LogP contribution in [0.25, 0.3) is 0 Å². The number of nitrogens with zero attached hydrogens (tertiary/aromatic N) is 2. The van der Waals surface area contributed by atoms with Crippen LogP contribution in [-0.2, 0) is 0 Å². The molecule has 0 spiro atoms. The van der Waals surface area contributed by atoms with Crippen LogP contribution in [0.4, 0.5) is 0 Å². The van der Waals surface area contributed by atoms with Crippen molar-refractivity contribution in [1.82, 2.24) is 15.1 Å². The number of rotatable bonds is 0. The van der Waals surface area contributed by atoms with Gasteiger partial charge in [-0.2, -0.15) is 0 Å². The van der Waals surface area contributed by atoms with E-state index in [1.54, 1.807) is 0 Å². The highest BCUT2D eigenvalue weighted by Gasteiger charge is 2.39. The third kappa shape index (κ3) is 2.25. The molecule has 0 aromatic carbocycles. The van der Waals surface area contributed by atoms with E-state index in [1.165, 1.54) is 51.9 Å². The Morgan fingerprint density at radius 3 is 2.82 bits per heavy atom. The number of piperazine rings is 1. The Bertz CT molecular complexity index is 268. The second-order valence-electron chi connectivity index (χ2n) is 6.36. The van der Waals surface area contributed by atoms with Crippen LogP contribution in [0.1, 0.15) is 32.6 Å². The van der Waals surface area contributed by atoms with Gasteiger partial charge in [0.2, 0.25) is 0 Å². The Morgan fingerprint density at radius 1 is 1.12 bits per heavy atom. The van der Waals surface area contributed by atoms with E-state index < -0.39 is 0 Å². The molecule has 2 unspecified atom stereocenters. The van der Waals surface area contributed by atoms with Gasteiger partial charge in [-0.15, -0.1) is 0 Å². The molecule has 0 bridgehead atoms. The molecule has 4 atom stereocenters. The molecule has 0 aromatic rings. The third-order valence-corrected chi connectivity index (χ3v) is 5.31. The summed E-state index contributed by atoms with van der Waals surface area (Å²) in [6.07, 6.45) is 5.74. The summed E-state index contributed by atoms with van der Waals surface area (Å²) in [6.45, 7) is 7.45. The zero-order valence-electron chi connectivity index (χ0n) is 11.4. The zero-order chi connectivity index (χ0) is 11.8. The molecule has 3 fully saturated rings. The van der Waals surface area contributed by atoms with E-state index in [2.05, 4.69) is 29.1 Å². The van der Waals surface area contributed by atoms with Gasteiger partial charge in [-0.05, 0) is 32.7 Å². The van der Waals surface area contributed by atoms with Gasteiger partial charge in [0.1, 0.15) is 0 Å². The van der Waals surface area contributed by atoms with E-state index in [-0.39, 0.29) is 0 Å². The Morgan fingerprint density at radius 2 is 1.94 bits per heavy atom. The van der Waals surface area contributed by atoms with E-state index in [0.717, 1.165) is 24.0 Å². The average Bonchev–Trinajstić information content (AvgIpc) is 2.48. The first-order chi connectivity index (χ1) is 8.25. The van der Waals surface area contributed by atoms with Crippen LogP contribution in [0, 0.1) is 5.92 Å². The van der Waals surface area contributed by atoms with Crippen molar-refractivity contribution in [2.24, 2.45) is 5.92 Å². The van der Waals surface area contributed by atoms with Gasteiger partial charge in [0.25, 0.3) is 0 Å². The standard InChI is InChI=1S/C14H27N3/c1-11-13-5-3-4-6-14(13)15-9-12-10-16(2)7-8-17(11)12/h11-15H,3-10H2,1-2H3/t11-,12?,13-,14?/m0/s1. The third-order valence-electron chi connectivity index (χ3n) is 5.31. The van der Waals surface area contributed by atoms with E-state index in [4.69, 9.17) is 0 Å². The van der Waals surface area contributed by atoms with Crippen molar-refractivity contribution < 1.29 is 0 Å². The summed E-state index contributed by atoms with van der Waals surface area (Å²) in [4.78, 5) is 5.29. The molecule has 0 amide bonds. The molecule has 1 aliphatic carbocycles. The maximum absolute atomic E-state index is 3.87. The van der Waals surface area contributed by atoms with Gasteiger partial charge in [0, 0.05) is 44.3 Å². The molecule has 1 N–H and O–H groups in total. The van der Waals surface area contributed by atoms with E-state index in [0.29, 0.717) is 0 Å². The Hall–Kier alpha value is -0.120. The van der Waals surface area contributed by atoms with Crippen LogP contribution in [-0.4, -0.2) is 61.2 Å². The molecule has 3 heteroatoms. The quantitative estimate of drug-likeness (QED) is 0.682. The molecule has 17 heavy (non-hydrogen) atoms. The average molecular weight is 237 g/mol. The van der Waals surface area contributed by atoms with Gasteiger partial charge in [0.15, 0.2) is 0 Å². The van der Waals surface area contributed by atoms with Crippen molar-refractivity contribution in [3.8, 4) is 0 Å². The minimum atomic E-state index is 0.745. The lowest BCUT2D eigenvalue weighted by atomic mass is 9.80. The summed E-state index contributed by atoms with van der Waals surface area (Å²) in [5.74, 6) is 0.900. The van der Waals surface area contributed by atoms with E-state index >= 15 is 0 Å². The Balaban J connectivity index is 1.76. The van der Waals surface area contributed by atoms with Crippen LogP contribution in [0.15, 0.2) is 0 Å². The minimum absolute atomic E-state index is 0.745. The highest BCUT2D eigenvalue weighted by molar-refractivity contribution is 4.97. The molecule has 3 nitrogen and oxygen atoms in total. The largest absolute Gasteiger partial charge is 0.312 e. The summed E-state index contributed by atoms with van der Waals surface area (Å²) in [7, 11) is 2.26. The highest BCUT2D eigenvalue weighted by atomic mass is 15.3. The minimum Gasteiger partial charge on any atom is -0.312 e. The van der Waals surface area contributed by atoms with Gasteiger partial charge in [0.05, 0.1) is 0 Å². The molecule has 2 heterocycles. The molecule has 3 rings (SSSR count). The Kier molecular flexibility index (Phi) is 3.42. The first-order valence-electron chi connectivity index (χ1n) is 7.43. The number of likely N-dealkylation sites (N-methyl/N-ethyl adjacent to an activating group) is 1. The first kappa shape index (κ1) is 11.9.